The summed E-state index contributed by atoms with van der Waals surface area (Å²) >= 11 is 0. The van der Waals surface area contributed by atoms with Gasteiger partial charge >= 0.3 is 6.18 Å². The molecule has 0 aromatic heterocycles. The Morgan fingerprint density at radius 3 is 2.38 bits per heavy atom. The lowest BCUT2D eigenvalue weighted by Crippen LogP contribution is -2.38. The van der Waals surface area contributed by atoms with Crippen LogP contribution < -0.4 is 9.64 Å². The number of carbonyl (C=O) groups is 1. The van der Waals surface area contributed by atoms with Crippen LogP contribution in [0.3, 0.4) is 0 Å². The van der Waals surface area contributed by atoms with Gasteiger partial charge < -0.3 is 14.7 Å². The normalized spacial score (nSPS) is 27.8. The first-order valence-corrected chi connectivity index (χ1v) is 8.09. The van der Waals surface area contributed by atoms with E-state index in [0.717, 1.165) is 6.42 Å². The van der Waals surface area contributed by atoms with E-state index in [9.17, 15) is 23.1 Å². The van der Waals surface area contributed by atoms with Crippen LogP contribution in [0.1, 0.15) is 32.1 Å². The second-order valence-corrected chi connectivity index (χ2v) is 6.62. The largest absolute Gasteiger partial charge is 0.484 e. The Morgan fingerprint density at radius 1 is 1.17 bits per heavy atom. The van der Waals surface area contributed by atoms with Crippen LogP contribution in [0.25, 0.3) is 0 Å². The first kappa shape index (κ1) is 17.1. The van der Waals surface area contributed by atoms with Gasteiger partial charge in [0.05, 0.1) is 11.5 Å². The topological polar surface area (TPSA) is 49.8 Å². The highest BCUT2D eigenvalue weighted by Crippen LogP contribution is 2.46. The van der Waals surface area contributed by atoms with E-state index in [0.29, 0.717) is 37.9 Å². The SMILES string of the molecule is O=C1N(c2ccc(OCC(F)(F)F)cc2)CC[C@]12CC[C@@H](O)CC2. The summed E-state index contributed by atoms with van der Waals surface area (Å²) in [6, 6.07) is 6.12. The van der Waals surface area contributed by atoms with Crippen molar-refractivity contribution in [3.05, 3.63) is 24.3 Å². The summed E-state index contributed by atoms with van der Waals surface area (Å²) < 4.78 is 41.1. The molecule has 1 aromatic rings. The molecule has 0 atom stereocenters. The van der Waals surface area contributed by atoms with Crippen LogP contribution in [0.5, 0.6) is 5.75 Å². The molecular formula is C17H20F3NO3. The number of aliphatic hydroxyl groups is 1. The molecule has 1 heterocycles. The average Bonchev–Trinajstić information content (AvgIpc) is 2.85. The number of amides is 1. The molecule has 132 valence electrons. The van der Waals surface area contributed by atoms with Gasteiger partial charge in [0.15, 0.2) is 6.61 Å². The van der Waals surface area contributed by atoms with Crippen molar-refractivity contribution in [2.24, 2.45) is 5.41 Å². The Morgan fingerprint density at radius 2 is 1.79 bits per heavy atom. The zero-order valence-electron chi connectivity index (χ0n) is 13.2. The van der Waals surface area contributed by atoms with Crippen LogP contribution >= 0.6 is 0 Å². The number of halogens is 3. The fraction of sp³-hybridized carbons (Fsp3) is 0.588. The maximum absolute atomic E-state index is 12.8. The Balaban J connectivity index is 1.66. The van der Waals surface area contributed by atoms with Crippen molar-refractivity contribution in [1.29, 1.82) is 0 Å². The number of carbonyl (C=O) groups excluding carboxylic acids is 1. The summed E-state index contributed by atoms with van der Waals surface area (Å²) in [4.78, 5) is 14.5. The lowest BCUT2D eigenvalue weighted by Gasteiger charge is -2.33. The van der Waals surface area contributed by atoms with E-state index in [-0.39, 0.29) is 23.2 Å². The van der Waals surface area contributed by atoms with Crippen LogP contribution in [0.4, 0.5) is 18.9 Å². The van der Waals surface area contributed by atoms with Crippen LogP contribution in [-0.2, 0) is 4.79 Å². The Bertz CT molecular complexity index is 592. The van der Waals surface area contributed by atoms with Crippen molar-refractivity contribution >= 4 is 11.6 Å². The Hall–Kier alpha value is -1.76. The fourth-order valence-electron chi connectivity index (χ4n) is 3.57. The van der Waals surface area contributed by atoms with Crippen molar-refractivity contribution in [1.82, 2.24) is 0 Å². The molecule has 7 heteroatoms. The number of anilines is 1. The van der Waals surface area contributed by atoms with Gasteiger partial charge in [-0.15, -0.1) is 0 Å². The minimum absolute atomic E-state index is 0.0540. The summed E-state index contributed by atoms with van der Waals surface area (Å²) in [5.41, 5.74) is 0.285. The highest BCUT2D eigenvalue weighted by atomic mass is 19.4. The van der Waals surface area contributed by atoms with Gasteiger partial charge in [0, 0.05) is 12.2 Å². The molecule has 1 saturated carbocycles. The minimum atomic E-state index is -4.37. The van der Waals surface area contributed by atoms with E-state index in [2.05, 4.69) is 4.74 Å². The van der Waals surface area contributed by atoms with Crippen LogP contribution in [0.15, 0.2) is 24.3 Å². The van der Waals surface area contributed by atoms with Gasteiger partial charge in [0.1, 0.15) is 5.75 Å². The summed E-state index contributed by atoms with van der Waals surface area (Å²) in [6.07, 6.45) is -1.27. The number of ether oxygens (including phenoxy) is 1. The van der Waals surface area contributed by atoms with Gasteiger partial charge in [-0.3, -0.25) is 4.79 Å². The third-order valence-corrected chi connectivity index (χ3v) is 4.98. The van der Waals surface area contributed by atoms with Gasteiger partial charge in [-0.05, 0) is 56.4 Å². The molecule has 3 rings (SSSR count). The van der Waals surface area contributed by atoms with Gasteiger partial charge in [-0.25, -0.2) is 0 Å². The van der Waals surface area contributed by atoms with Crippen molar-refractivity contribution in [3.63, 3.8) is 0 Å². The smallest absolute Gasteiger partial charge is 0.422 e. The van der Waals surface area contributed by atoms with Crippen LogP contribution in [0, 0.1) is 5.41 Å². The Labute approximate surface area is 138 Å². The summed E-state index contributed by atoms with van der Waals surface area (Å²) in [5.74, 6) is 0.177. The summed E-state index contributed by atoms with van der Waals surface area (Å²) in [6.45, 7) is -0.738. The maximum atomic E-state index is 12.8. The average molecular weight is 343 g/mol. The third kappa shape index (κ3) is 3.50. The van der Waals surface area contributed by atoms with Gasteiger partial charge in [-0.2, -0.15) is 13.2 Å². The third-order valence-electron chi connectivity index (χ3n) is 4.98. The number of hydrogen-bond donors (Lipinski definition) is 1. The first-order chi connectivity index (χ1) is 11.3. The van der Waals surface area contributed by atoms with Gasteiger partial charge in [0.2, 0.25) is 5.91 Å². The standard InChI is InChI=1S/C17H20F3NO3/c18-17(19,20)11-24-14-3-1-12(2-4-14)21-10-9-16(15(21)23)7-5-13(22)6-8-16/h1-4,13,22H,5-11H2/t13-,16-. The Kier molecular flexibility index (Phi) is 4.46. The molecule has 24 heavy (non-hydrogen) atoms. The number of alkyl halides is 3. The zero-order chi connectivity index (χ0) is 17.4. The monoisotopic (exact) mass is 343 g/mol. The molecule has 2 fully saturated rings. The molecule has 0 unspecified atom stereocenters. The van der Waals surface area contributed by atoms with Gasteiger partial charge in [-0.1, -0.05) is 0 Å². The summed E-state index contributed by atoms with van der Waals surface area (Å²) in [7, 11) is 0. The predicted octanol–water partition coefficient (Wildman–Crippen LogP) is 3.29. The molecule has 1 N–H and O–H groups in total. The zero-order valence-corrected chi connectivity index (χ0v) is 13.2. The maximum Gasteiger partial charge on any atom is 0.422 e. The van der Waals surface area contributed by atoms with E-state index in [1.165, 1.54) is 12.1 Å². The first-order valence-electron chi connectivity index (χ1n) is 8.09. The number of nitrogens with zero attached hydrogens (tertiary/aromatic N) is 1. The number of hydrogen-bond acceptors (Lipinski definition) is 3. The second kappa shape index (κ2) is 6.27. The minimum Gasteiger partial charge on any atom is -0.484 e. The number of rotatable bonds is 3. The highest BCUT2D eigenvalue weighted by Gasteiger charge is 2.48. The molecule has 1 saturated heterocycles. The highest BCUT2D eigenvalue weighted by molar-refractivity contribution is 6.00. The predicted molar refractivity (Wildman–Crippen MR) is 81.9 cm³/mol. The van der Waals surface area contributed by atoms with E-state index in [1.807, 2.05) is 0 Å². The second-order valence-electron chi connectivity index (χ2n) is 6.62. The lowest BCUT2D eigenvalue weighted by molar-refractivity contribution is -0.153. The molecule has 1 spiro atoms. The van der Waals surface area contributed by atoms with Crippen molar-refractivity contribution in [2.75, 3.05) is 18.1 Å². The fourth-order valence-corrected chi connectivity index (χ4v) is 3.57. The molecule has 1 aliphatic heterocycles. The molecule has 4 nitrogen and oxygen atoms in total. The van der Waals surface area contributed by atoms with Crippen LogP contribution in [0.2, 0.25) is 0 Å². The van der Waals surface area contributed by atoms with Gasteiger partial charge in [0.25, 0.3) is 0 Å². The molecule has 1 amide bonds. The van der Waals surface area contributed by atoms with Crippen molar-refractivity contribution in [3.8, 4) is 5.75 Å². The molecule has 0 bridgehead atoms. The van der Waals surface area contributed by atoms with E-state index < -0.39 is 12.8 Å². The van der Waals surface area contributed by atoms with Crippen molar-refractivity contribution < 1.29 is 27.8 Å². The number of aliphatic hydroxyl groups excluding tert-OH is 1. The molecule has 2 aliphatic rings. The number of benzene rings is 1. The summed E-state index contributed by atoms with van der Waals surface area (Å²) in [5, 5.41) is 9.64. The molecule has 0 radical (unpaired) electrons. The molecular weight excluding hydrogens is 323 g/mol. The van der Waals surface area contributed by atoms with E-state index >= 15 is 0 Å². The quantitative estimate of drug-likeness (QED) is 0.916. The van der Waals surface area contributed by atoms with Crippen LogP contribution in [-0.4, -0.2) is 36.4 Å². The lowest BCUT2D eigenvalue weighted by atomic mass is 9.72. The molecule has 1 aliphatic carbocycles. The van der Waals surface area contributed by atoms with Crippen molar-refractivity contribution in [2.45, 2.75) is 44.4 Å². The van der Waals surface area contributed by atoms with E-state index in [1.54, 1.807) is 17.0 Å². The molecule has 1 aromatic carbocycles. The van der Waals surface area contributed by atoms with E-state index in [4.69, 9.17) is 0 Å².